The van der Waals surface area contributed by atoms with E-state index in [0.29, 0.717) is 0 Å². The van der Waals surface area contributed by atoms with Crippen LogP contribution in [0.1, 0.15) is 31.9 Å². The predicted molar refractivity (Wildman–Crippen MR) is 95.2 cm³/mol. The summed E-state index contributed by atoms with van der Waals surface area (Å²) in [6.45, 7) is 11.9. The quantitative estimate of drug-likeness (QED) is 0.619. The van der Waals surface area contributed by atoms with Crippen LogP contribution in [0, 0.1) is 0 Å². The Bertz CT molecular complexity index is 529. The Hall–Kier alpha value is -1.86. The van der Waals surface area contributed by atoms with Crippen LogP contribution in [0.3, 0.4) is 0 Å². The van der Waals surface area contributed by atoms with Crippen molar-refractivity contribution in [2.75, 3.05) is 13.6 Å². The molecule has 1 aromatic rings. The van der Waals surface area contributed by atoms with Crippen molar-refractivity contribution in [2.45, 2.75) is 27.3 Å². The predicted octanol–water partition coefficient (Wildman–Crippen LogP) is 5.23. The first-order valence-electron chi connectivity index (χ1n) is 7.45. The second kappa shape index (κ2) is 9.15. The first-order chi connectivity index (χ1) is 10.1. The third-order valence-corrected chi connectivity index (χ3v) is 3.46. The van der Waals surface area contributed by atoms with Gasteiger partial charge in [-0.2, -0.15) is 0 Å². The van der Waals surface area contributed by atoms with E-state index in [1.807, 2.05) is 13.0 Å². The van der Waals surface area contributed by atoms with Crippen LogP contribution in [-0.4, -0.2) is 18.5 Å². The molecule has 1 nitrogen and oxygen atoms in total. The molecule has 0 radical (unpaired) electrons. The van der Waals surface area contributed by atoms with Crippen molar-refractivity contribution in [2.24, 2.45) is 0 Å². The summed E-state index contributed by atoms with van der Waals surface area (Å²) >= 11 is 0. The molecule has 0 saturated heterocycles. The van der Waals surface area contributed by atoms with Crippen molar-refractivity contribution in [3.63, 3.8) is 0 Å². The van der Waals surface area contributed by atoms with E-state index in [4.69, 9.17) is 0 Å². The lowest BCUT2D eigenvalue weighted by Crippen LogP contribution is -2.20. The van der Waals surface area contributed by atoms with Crippen molar-refractivity contribution in [1.29, 1.82) is 0 Å². The SMILES string of the molecule is C=C/C=C(\C=C/C)CN(C)Cc1ccc(/C(C)=C/C)cc1. The summed E-state index contributed by atoms with van der Waals surface area (Å²) in [4.78, 5) is 2.31. The van der Waals surface area contributed by atoms with Gasteiger partial charge in [-0.3, -0.25) is 4.90 Å². The average Bonchev–Trinajstić information content (AvgIpc) is 2.47. The second-order valence-electron chi connectivity index (χ2n) is 5.32. The minimum Gasteiger partial charge on any atom is -0.298 e. The summed E-state index contributed by atoms with van der Waals surface area (Å²) in [7, 11) is 2.14. The Morgan fingerprint density at radius 1 is 1.19 bits per heavy atom. The molecule has 0 aliphatic heterocycles. The van der Waals surface area contributed by atoms with E-state index in [2.05, 4.69) is 80.9 Å². The highest BCUT2D eigenvalue weighted by Crippen LogP contribution is 2.15. The molecule has 0 aliphatic carbocycles. The minimum absolute atomic E-state index is 0.923. The first kappa shape index (κ1) is 17.2. The lowest BCUT2D eigenvalue weighted by Gasteiger charge is -2.17. The highest BCUT2D eigenvalue weighted by molar-refractivity contribution is 5.63. The number of hydrogen-bond donors (Lipinski definition) is 0. The van der Waals surface area contributed by atoms with Crippen LogP contribution in [0.4, 0.5) is 0 Å². The molecule has 21 heavy (non-hydrogen) atoms. The average molecular weight is 281 g/mol. The van der Waals surface area contributed by atoms with Crippen molar-refractivity contribution in [1.82, 2.24) is 4.90 Å². The van der Waals surface area contributed by atoms with Crippen LogP contribution >= 0.6 is 0 Å². The fourth-order valence-electron chi connectivity index (χ4n) is 2.25. The molecule has 0 unspecified atom stereocenters. The van der Waals surface area contributed by atoms with E-state index in [9.17, 15) is 0 Å². The van der Waals surface area contributed by atoms with Crippen molar-refractivity contribution in [3.05, 3.63) is 77.9 Å². The van der Waals surface area contributed by atoms with E-state index in [0.717, 1.165) is 13.1 Å². The standard InChI is InChI=1S/C20H27N/c1-6-9-18(10-7-2)15-21(5)16-19-11-13-20(14-12-19)17(4)8-3/h6-14H,1,15-16H2,2-5H3/b10-7-,17-8+,18-9+. The third-order valence-electron chi connectivity index (χ3n) is 3.46. The highest BCUT2D eigenvalue weighted by atomic mass is 15.1. The summed E-state index contributed by atoms with van der Waals surface area (Å²) in [6, 6.07) is 8.83. The van der Waals surface area contributed by atoms with Crippen LogP contribution in [0.5, 0.6) is 0 Å². The van der Waals surface area contributed by atoms with Gasteiger partial charge in [0.15, 0.2) is 0 Å². The molecular weight excluding hydrogens is 254 g/mol. The molecule has 0 saturated carbocycles. The molecular formula is C20H27N. The lowest BCUT2D eigenvalue weighted by atomic mass is 10.1. The van der Waals surface area contributed by atoms with Gasteiger partial charge in [0, 0.05) is 13.1 Å². The molecule has 0 spiro atoms. The molecule has 1 aromatic carbocycles. The van der Waals surface area contributed by atoms with Gasteiger partial charge < -0.3 is 0 Å². The van der Waals surface area contributed by atoms with Gasteiger partial charge in [0.25, 0.3) is 0 Å². The zero-order chi connectivity index (χ0) is 15.7. The topological polar surface area (TPSA) is 3.24 Å². The molecule has 0 N–H and O–H groups in total. The van der Waals surface area contributed by atoms with Crippen molar-refractivity contribution in [3.8, 4) is 0 Å². The summed E-state index contributed by atoms with van der Waals surface area (Å²) < 4.78 is 0. The van der Waals surface area contributed by atoms with Crippen LogP contribution in [0.25, 0.3) is 5.57 Å². The second-order valence-corrected chi connectivity index (χ2v) is 5.32. The normalized spacial score (nSPS) is 13.2. The maximum absolute atomic E-state index is 3.77. The fraction of sp³-hybridized carbons (Fsp3) is 0.300. The van der Waals surface area contributed by atoms with E-state index in [-0.39, 0.29) is 0 Å². The molecule has 112 valence electrons. The van der Waals surface area contributed by atoms with Crippen LogP contribution in [0.2, 0.25) is 0 Å². The Balaban J connectivity index is 2.68. The molecule has 0 amide bonds. The number of likely N-dealkylation sites (N-methyl/N-ethyl adjacent to an activating group) is 1. The summed E-state index contributed by atoms with van der Waals surface area (Å²) in [5, 5.41) is 0. The molecule has 0 fully saturated rings. The van der Waals surface area contributed by atoms with E-state index < -0.39 is 0 Å². The van der Waals surface area contributed by atoms with Gasteiger partial charge in [0.05, 0.1) is 0 Å². The van der Waals surface area contributed by atoms with Gasteiger partial charge in [0.2, 0.25) is 0 Å². The van der Waals surface area contributed by atoms with E-state index in [1.54, 1.807) is 0 Å². The number of rotatable bonds is 7. The summed E-state index contributed by atoms with van der Waals surface area (Å²) in [5.41, 5.74) is 5.23. The lowest BCUT2D eigenvalue weighted by molar-refractivity contribution is 0.358. The van der Waals surface area contributed by atoms with Gasteiger partial charge in [-0.15, -0.1) is 0 Å². The minimum atomic E-state index is 0.923. The summed E-state index contributed by atoms with van der Waals surface area (Å²) in [5.74, 6) is 0. The fourth-order valence-corrected chi connectivity index (χ4v) is 2.25. The molecule has 0 atom stereocenters. The maximum atomic E-state index is 3.77. The van der Waals surface area contributed by atoms with Gasteiger partial charge in [0.1, 0.15) is 0 Å². The Morgan fingerprint density at radius 3 is 2.38 bits per heavy atom. The number of hydrogen-bond acceptors (Lipinski definition) is 1. The molecule has 1 heteroatoms. The first-order valence-corrected chi connectivity index (χ1v) is 7.45. The molecule has 0 bridgehead atoms. The molecule has 1 rings (SSSR count). The zero-order valence-corrected chi connectivity index (χ0v) is 13.8. The van der Waals surface area contributed by atoms with Gasteiger partial charge in [-0.05, 0) is 50.1 Å². The van der Waals surface area contributed by atoms with E-state index >= 15 is 0 Å². The van der Waals surface area contributed by atoms with Crippen molar-refractivity contribution < 1.29 is 0 Å². The van der Waals surface area contributed by atoms with Crippen LogP contribution in [-0.2, 0) is 6.54 Å². The smallest absolute Gasteiger partial charge is 0.0234 e. The Morgan fingerprint density at radius 2 is 1.86 bits per heavy atom. The molecule has 0 aliphatic rings. The number of benzene rings is 1. The summed E-state index contributed by atoms with van der Waals surface area (Å²) in [6.07, 6.45) is 10.3. The highest BCUT2D eigenvalue weighted by Gasteiger charge is 2.03. The maximum Gasteiger partial charge on any atom is 0.0234 e. The number of allylic oxidation sites excluding steroid dienone is 5. The van der Waals surface area contributed by atoms with Crippen LogP contribution in [0.15, 0.2) is 66.8 Å². The molecule has 0 heterocycles. The number of nitrogens with zero attached hydrogens (tertiary/aromatic N) is 1. The Kier molecular flexibility index (Phi) is 7.49. The zero-order valence-electron chi connectivity index (χ0n) is 13.8. The monoisotopic (exact) mass is 281 g/mol. The van der Waals surface area contributed by atoms with Crippen molar-refractivity contribution >= 4 is 5.57 Å². The van der Waals surface area contributed by atoms with Gasteiger partial charge >= 0.3 is 0 Å². The van der Waals surface area contributed by atoms with E-state index in [1.165, 1.54) is 22.3 Å². The largest absolute Gasteiger partial charge is 0.298 e. The third kappa shape index (κ3) is 5.97. The van der Waals surface area contributed by atoms with Gasteiger partial charge in [-0.25, -0.2) is 0 Å². The van der Waals surface area contributed by atoms with Crippen LogP contribution < -0.4 is 0 Å². The molecule has 0 aromatic heterocycles. The van der Waals surface area contributed by atoms with Gasteiger partial charge in [-0.1, -0.05) is 61.2 Å². The Labute approximate surface area is 130 Å².